The first kappa shape index (κ1) is 15.2. The van der Waals surface area contributed by atoms with Crippen molar-refractivity contribution in [2.45, 2.75) is 39.3 Å². The van der Waals surface area contributed by atoms with Gasteiger partial charge in [-0.25, -0.2) is 0 Å². The van der Waals surface area contributed by atoms with Gasteiger partial charge >= 0.3 is 0 Å². The molecule has 0 radical (unpaired) electrons. The van der Waals surface area contributed by atoms with Crippen LogP contribution >= 0.6 is 0 Å². The number of nitrogens with two attached hydrogens (primary N) is 1. The van der Waals surface area contributed by atoms with Crippen molar-refractivity contribution >= 4 is 11.4 Å². The summed E-state index contributed by atoms with van der Waals surface area (Å²) < 4.78 is 5.72. The van der Waals surface area contributed by atoms with Crippen molar-refractivity contribution in [2.75, 3.05) is 11.1 Å². The van der Waals surface area contributed by atoms with Crippen molar-refractivity contribution < 1.29 is 4.74 Å². The lowest BCUT2D eigenvalue weighted by atomic mass is 10.1. The molecular formula is C18H24N2O. The van der Waals surface area contributed by atoms with Crippen molar-refractivity contribution in [3.63, 3.8) is 0 Å². The number of nitrogens with one attached hydrogen (secondary N) is 1. The van der Waals surface area contributed by atoms with E-state index < -0.39 is 0 Å². The first-order valence-electron chi connectivity index (χ1n) is 7.42. The third-order valence-electron chi connectivity index (χ3n) is 3.22. The van der Waals surface area contributed by atoms with Crippen LogP contribution in [0.25, 0.3) is 0 Å². The van der Waals surface area contributed by atoms with Gasteiger partial charge in [-0.2, -0.15) is 0 Å². The van der Waals surface area contributed by atoms with E-state index in [0.29, 0.717) is 11.7 Å². The van der Waals surface area contributed by atoms with Gasteiger partial charge in [-0.3, -0.25) is 0 Å². The molecule has 0 aliphatic rings. The fourth-order valence-corrected chi connectivity index (χ4v) is 2.31. The summed E-state index contributed by atoms with van der Waals surface area (Å²) in [5.41, 5.74) is 9.10. The van der Waals surface area contributed by atoms with Gasteiger partial charge in [-0.1, -0.05) is 36.4 Å². The Balaban J connectivity index is 2.05. The zero-order valence-electron chi connectivity index (χ0n) is 13.0. The van der Waals surface area contributed by atoms with Crippen LogP contribution in [0.15, 0.2) is 48.5 Å². The maximum absolute atomic E-state index is 6.19. The molecule has 3 N–H and O–H groups in total. The minimum atomic E-state index is 0.115. The van der Waals surface area contributed by atoms with Gasteiger partial charge in [0.2, 0.25) is 0 Å². The fraction of sp³-hybridized carbons (Fsp3) is 0.333. The molecule has 0 aromatic heterocycles. The molecule has 3 heteroatoms. The molecule has 0 spiro atoms. The SMILES string of the molecule is CC(Cc1ccccc1)Nc1cccc(OC(C)C)c1N. The van der Waals surface area contributed by atoms with Crippen LogP contribution in [0, 0.1) is 0 Å². The Bertz CT molecular complexity index is 567. The minimum absolute atomic E-state index is 0.115. The monoisotopic (exact) mass is 284 g/mol. The van der Waals surface area contributed by atoms with Gasteiger partial charge in [0.15, 0.2) is 0 Å². The van der Waals surface area contributed by atoms with Crippen LogP contribution in [-0.2, 0) is 6.42 Å². The maximum atomic E-state index is 6.19. The van der Waals surface area contributed by atoms with E-state index in [2.05, 4.69) is 36.5 Å². The normalized spacial score (nSPS) is 12.2. The van der Waals surface area contributed by atoms with E-state index in [9.17, 15) is 0 Å². The average Bonchev–Trinajstić information content (AvgIpc) is 2.44. The van der Waals surface area contributed by atoms with Crippen LogP contribution in [0.2, 0.25) is 0 Å². The third kappa shape index (κ3) is 4.42. The number of nitrogen functional groups attached to an aromatic ring is 1. The molecule has 1 unspecified atom stereocenters. The van der Waals surface area contributed by atoms with Crippen LogP contribution in [0.1, 0.15) is 26.3 Å². The molecule has 2 aromatic rings. The Kier molecular flexibility index (Phi) is 5.09. The van der Waals surface area contributed by atoms with Crippen molar-refractivity contribution in [1.29, 1.82) is 0 Å². The summed E-state index contributed by atoms with van der Waals surface area (Å²) in [6.07, 6.45) is 1.07. The lowest BCUT2D eigenvalue weighted by Gasteiger charge is -2.19. The number of para-hydroxylation sites is 1. The van der Waals surface area contributed by atoms with E-state index in [-0.39, 0.29) is 6.10 Å². The molecule has 0 saturated carbocycles. The molecule has 1 atom stereocenters. The number of ether oxygens (including phenoxy) is 1. The first-order valence-corrected chi connectivity index (χ1v) is 7.42. The molecule has 0 aliphatic heterocycles. The summed E-state index contributed by atoms with van der Waals surface area (Å²) in [7, 11) is 0. The first-order chi connectivity index (χ1) is 10.1. The molecule has 0 saturated heterocycles. The highest BCUT2D eigenvalue weighted by Gasteiger charge is 2.10. The predicted molar refractivity (Wildman–Crippen MR) is 89.8 cm³/mol. The number of benzene rings is 2. The number of hydrogen-bond acceptors (Lipinski definition) is 3. The summed E-state index contributed by atoms with van der Waals surface area (Å²) in [5, 5.41) is 3.47. The number of anilines is 2. The minimum Gasteiger partial charge on any atom is -0.489 e. The Labute approximate surface area is 127 Å². The van der Waals surface area contributed by atoms with Gasteiger partial charge in [-0.15, -0.1) is 0 Å². The van der Waals surface area contributed by atoms with Crippen LogP contribution in [-0.4, -0.2) is 12.1 Å². The zero-order chi connectivity index (χ0) is 15.2. The molecule has 2 rings (SSSR count). The van der Waals surface area contributed by atoms with E-state index in [1.165, 1.54) is 5.56 Å². The van der Waals surface area contributed by atoms with Gasteiger partial charge in [0.25, 0.3) is 0 Å². The quantitative estimate of drug-likeness (QED) is 0.785. The van der Waals surface area contributed by atoms with E-state index in [0.717, 1.165) is 17.9 Å². The smallest absolute Gasteiger partial charge is 0.144 e. The van der Waals surface area contributed by atoms with Gasteiger partial charge in [-0.05, 0) is 44.9 Å². The lowest BCUT2D eigenvalue weighted by molar-refractivity contribution is 0.244. The Morgan fingerprint density at radius 3 is 2.38 bits per heavy atom. The van der Waals surface area contributed by atoms with E-state index in [1.54, 1.807) is 0 Å². The highest BCUT2D eigenvalue weighted by molar-refractivity contribution is 5.73. The highest BCUT2D eigenvalue weighted by atomic mass is 16.5. The molecule has 2 aromatic carbocycles. The molecule has 0 heterocycles. The van der Waals surface area contributed by atoms with Crippen molar-refractivity contribution in [3.8, 4) is 5.75 Å². The topological polar surface area (TPSA) is 47.3 Å². The summed E-state index contributed by atoms with van der Waals surface area (Å²) in [6.45, 7) is 6.15. The molecule has 0 bridgehead atoms. The largest absolute Gasteiger partial charge is 0.489 e. The van der Waals surface area contributed by atoms with E-state index in [4.69, 9.17) is 10.5 Å². The Morgan fingerprint density at radius 1 is 1.00 bits per heavy atom. The van der Waals surface area contributed by atoms with Crippen molar-refractivity contribution in [3.05, 3.63) is 54.1 Å². The second-order valence-corrected chi connectivity index (χ2v) is 5.62. The number of hydrogen-bond donors (Lipinski definition) is 2. The third-order valence-corrected chi connectivity index (χ3v) is 3.22. The van der Waals surface area contributed by atoms with E-state index >= 15 is 0 Å². The summed E-state index contributed by atoms with van der Waals surface area (Å²) in [5.74, 6) is 0.738. The van der Waals surface area contributed by atoms with Crippen LogP contribution < -0.4 is 15.8 Å². The van der Waals surface area contributed by atoms with Crippen LogP contribution in [0.3, 0.4) is 0 Å². The summed E-state index contributed by atoms with van der Waals surface area (Å²) in [6, 6.07) is 16.6. The van der Waals surface area contributed by atoms with Crippen LogP contribution in [0.5, 0.6) is 5.75 Å². The molecule has 3 nitrogen and oxygen atoms in total. The Morgan fingerprint density at radius 2 is 1.71 bits per heavy atom. The second-order valence-electron chi connectivity index (χ2n) is 5.62. The summed E-state index contributed by atoms with van der Waals surface area (Å²) >= 11 is 0. The van der Waals surface area contributed by atoms with Gasteiger partial charge in [0, 0.05) is 6.04 Å². The van der Waals surface area contributed by atoms with E-state index in [1.807, 2.05) is 38.1 Å². The zero-order valence-corrected chi connectivity index (χ0v) is 13.0. The molecule has 112 valence electrons. The van der Waals surface area contributed by atoms with Crippen molar-refractivity contribution in [2.24, 2.45) is 0 Å². The fourth-order valence-electron chi connectivity index (χ4n) is 2.31. The lowest BCUT2D eigenvalue weighted by Crippen LogP contribution is -2.19. The molecule has 0 amide bonds. The second kappa shape index (κ2) is 7.02. The van der Waals surface area contributed by atoms with Gasteiger partial charge in [0.1, 0.15) is 5.75 Å². The number of rotatable bonds is 6. The molecule has 21 heavy (non-hydrogen) atoms. The van der Waals surface area contributed by atoms with Gasteiger partial charge in [0.05, 0.1) is 17.5 Å². The molecular weight excluding hydrogens is 260 g/mol. The van der Waals surface area contributed by atoms with Crippen molar-refractivity contribution in [1.82, 2.24) is 0 Å². The Hall–Kier alpha value is -2.16. The summed E-state index contributed by atoms with van der Waals surface area (Å²) in [4.78, 5) is 0. The molecule has 0 aliphatic carbocycles. The predicted octanol–water partition coefficient (Wildman–Crippen LogP) is 4.10. The standard InChI is InChI=1S/C18H24N2O/c1-13(2)21-17-11-7-10-16(18(17)19)20-14(3)12-15-8-5-4-6-9-15/h4-11,13-14,20H,12,19H2,1-3H3. The molecule has 0 fully saturated rings. The highest BCUT2D eigenvalue weighted by Crippen LogP contribution is 2.30. The maximum Gasteiger partial charge on any atom is 0.144 e. The van der Waals surface area contributed by atoms with Crippen LogP contribution in [0.4, 0.5) is 11.4 Å². The average molecular weight is 284 g/mol. The van der Waals surface area contributed by atoms with Gasteiger partial charge < -0.3 is 15.8 Å².